The van der Waals surface area contributed by atoms with E-state index >= 15 is 0 Å². The van der Waals surface area contributed by atoms with Gasteiger partial charge in [0.15, 0.2) is 5.69 Å². The molecule has 3 aromatic rings. The van der Waals surface area contributed by atoms with Gasteiger partial charge in [0.05, 0.1) is 14.8 Å². The Morgan fingerprint density at radius 3 is 2.88 bits per heavy atom. The molecule has 0 fully saturated rings. The number of carbonyl (C=O) groups is 1. The van der Waals surface area contributed by atoms with Crippen molar-refractivity contribution in [3.05, 3.63) is 68.4 Å². The van der Waals surface area contributed by atoms with Crippen molar-refractivity contribution in [2.24, 2.45) is 0 Å². The highest BCUT2D eigenvalue weighted by Crippen LogP contribution is 2.21. The van der Waals surface area contributed by atoms with Gasteiger partial charge in [-0.2, -0.15) is 5.10 Å². The topological polar surface area (TPSA) is 100 Å². The third kappa shape index (κ3) is 3.30. The van der Waals surface area contributed by atoms with Gasteiger partial charge in [0, 0.05) is 18.5 Å². The van der Waals surface area contributed by atoms with Crippen molar-refractivity contribution in [3.8, 4) is 5.69 Å². The molecule has 0 aliphatic carbocycles. The van der Waals surface area contributed by atoms with Crippen LogP contribution in [0.4, 0.5) is 5.69 Å². The second kappa shape index (κ2) is 6.59. The molecular weight excluding hydrogens is 332 g/mol. The molecule has 24 heavy (non-hydrogen) atoms. The smallest absolute Gasteiger partial charge is 0.359 e. The largest absolute Gasteiger partial charge is 0.455 e. The molecule has 0 amide bonds. The number of nitro benzene ring substituents is 1. The number of nitrogens with zero attached hydrogens (tertiary/aromatic N) is 4. The lowest BCUT2D eigenvalue weighted by molar-refractivity contribution is -0.384. The molecule has 0 saturated carbocycles. The SMILES string of the molecule is Cc1ncc(COC(=O)c2ccn(-c3ccccc3[N+](=O)[O-])n2)s1. The van der Waals surface area contributed by atoms with Gasteiger partial charge in [-0.05, 0) is 19.1 Å². The molecule has 0 atom stereocenters. The first-order valence-electron chi connectivity index (χ1n) is 6.92. The fourth-order valence-electron chi connectivity index (χ4n) is 2.06. The van der Waals surface area contributed by atoms with E-state index in [0.717, 1.165) is 9.88 Å². The van der Waals surface area contributed by atoms with Crippen LogP contribution in [0.2, 0.25) is 0 Å². The quantitative estimate of drug-likeness (QED) is 0.401. The number of rotatable bonds is 5. The maximum Gasteiger partial charge on any atom is 0.359 e. The van der Waals surface area contributed by atoms with Crippen LogP contribution in [0.3, 0.4) is 0 Å². The first kappa shape index (κ1) is 15.8. The minimum atomic E-state index is -0.599. The Morgan fingerprint density at radius 2 is 2.17 bits per heavy atom. The van der Waals surface area contributed by atoms with E-state index in [9.17, 15) is 14.9 Å². The normalized spacial score (nSPS) is 10.5. The summed E-state index contributed by atoms with van der Waals surface area (Å²) in [4.78, 5) is 27.5. The van der Waals surface area contributed by atoms with Gasteiger partial charge in [0.25, 0.3) is 5.69 Å². The van der Waals surface area contributed by atoms with Crippen LogP contribution in [-0.2, 0) is 11.3 Å². The Hall–Kier alpha value is -3.07. The van der Waals surface area contributed by atoms with Crippen LogP contribution in [-0.4, -0.2) is 25.7 Å². The molecule has 0 bridgehead atoms. The van der Waals surface area contributed by atoms with Crippen LogP contribution >= 0.6 is 11.3 Å². The minimum absolute atomic E-state index is 0.0781. The molecule has 2 heterocycles. The summed E-state index contributed by atoms with van der Waals surface area (Å²) in [6, 6.07) is 7.62. The monoisotopic (exact) mass is 344 g/mol. The number of carbonyl (C=O) groups excluding carboxylic acids is 1. The molecule has 0 N–H and O–H groups in total. The van der Waals surface area contributed by atoms with Gasteiger partial charge in [-0.1, -0.05) is 12.1 Å². The van der Waals surface area contributed by atoms with Crippen LogP contribution in [0.15, 0.2) is 42.7 Å². The van der Waals surface area contributed by atoms with Gasteiger partial charge in [-0.3, -0.25) is 10.1 Å². The number of para-hydroxylation sites is 2. The van der Waals surface area contributed by atoms with Crippen LogP contribution in [0.1, 0.15) is 20.4 Å². The van der Waals surface area contributed by atoms with Gasteiger partial charge < -0.3 is 4.74 Å². The summed E-state index contributed by atoms with van der Waals surface area (Å²) in [5.74, 6) is -0.599. The van der Waals surface area contributed by atoms with Crippen molar-refractivity contribution in [1.29, 1.82) is 0 Å². The third-order valence-electron chi connectivity index (χ3n) is 3.14. The second-order valence-corrected chi connectivity index (χ2v) is 6.13. The standard InChI is InChI=1S/C15H12N4O4S/c1-10-16-8-11(24-10)9-23-15(20)12-6-7-18(17-12)13-4-2-3-5-14(13)19(21)22/h2-8H,9H2,1H3. The van der Waals surface area contributed by atoms with E-state index in [-0.39, 0.29) is 23.7 Å². The number of ether oxygens (including phenoxy) is 1. The van der Waals surface area contributed by atoms with Gasteiger partial charge in [0.1, 0.15) is 12.3 Å². The van der Waals surface area contributed by atoms with Gasteiger partial charge in [-0.15, -0.1) is 11.3 Å². The van der Waals surface area contributed by atoms with Crippen molar-refractivity contribution in [2.45, 2.75) is 13.5 Å². The molecule has 0 spiro atoms. The average Bonchev–Trinajstić information content (AvgIpc) is 3.21. The lowest BCUT2D eigenvalue weighted by Gasteiger charge is -2.02. The van der Waals surface area contributed by atoms with Crippen molar-refractivity contribution >= 4 is 23.0 Å². The molecule has 0 saturated heterocycles. The fourth-order valence-corrected chi connectivity index (χ4v) is 2.77. The van der Waals surface area contributed by atoms with Crippen molar-refractivity contribution in [2.75, 3.05) is 0 Å². The zero-order valence-corrected chi connectivity index (χ0v) is 13.4. The zero-order valence-electron chi connectivity index (χ0n) is 12.6. The number of esters is 1. The number of thiazole rings is 1. The summed E-state index contributed by atoms with van der Waals surface area (Å²) in [7, 11) is 0. The molecule has 3 rings (SSSR count). The number of benzene rings is 1. The van der Waals surface area contributed by atoms with E-state index in [4.69, 9.17) is 4.74 Å². The van der Waals surface area contributed by atoms with Gasteiger partial charge >= 0.3 is 5.97 Å². The Bertz CT molecular complexity index is 902. The lowest BCUT2D eigenvalue weighted by Crippen LogP contribution is -2.07. The van der Waals surface area contributed by atoms with E-state index in [1.165, 1.54) is 34.3 Å². The van der Waals surface area contributed by atoms with Crippen LogP contribution in [0.25, 0.3) is 5.69 Å². The van der Waals surface area contributed by atoms with E-state index in [1.807, 2.05) is 6.92 Å². The van der Waals surface area contributed by atoms with E-state index in [2.05, 4.69) is 10.1 Å². The summed E-state index contributed by atoms with van der Waals surface area (Å²) >= 11 is 1.44. The van der Waals surface area contributed by atoms with Crippen LogP contribution in [0, 0.1) is 17.0 Å². The highest BCUT2D eigenvalue weighted by molar-refractivity contribution is 7.11. The summed E-state index contributed by atoms with van der Waals surface area (Å²) < 4.78 is 6.46. The molecule has 0 radical (unpaired) electrons. The number of nitro groups is 1. The van der Waals surface area contributed by atoms with E-state index in [1.54, 1.807) is 24.4 Å². The Labute approximate surface area is 140 Å². The number of aromatic nitrogens is 3. The second-order valence-electron chi connectivity index (χ2n) is 4.81. The molecule has 122 valence electrons. The Balaban J connectivity index is 1.76. The molecule has 8 nitrogen and oxygen atoms in total. The van der Waals surface area contributed by atoms with Crippen molar-refractivity contribution < 1.29 is 14.5 Å². The predicted molar refractivity (Wildman–Crippen MR) is 86.2 cm³/mol. The number of aryl methyl sites for hydroxylation is 1. The molecule has 0 unspecified atom stereocenters. The summed E-state index contributed by atoms with van der Waals surface area (Å²) in [6.07, 6.45) is 3.13. The van der Waals surface area contributed by atoms with E-state index in [0.29, 0.717) is 0 Å². The first-order valence-corrected chi connectivity index (χ1v) is 7.74. The van der Waals surface area contributed by atoms with E-state index < -0.39 is 10.9 Å². The predicted octanol–water partition coefficient (Wildman–Crippen LogP) is 2.90. The lowest BCUT2D eigenvalue weighted by atomic mass is 10.3. The molecule has 9 heteroatoms. The third-order valence-corrected chi connectivity index (χ3v) is 4.02. The molecule has 0 aliphatic heterocycles. The zero-order chi connectivity index (χ0) is 17.1. The molecule has 0 aliphatic rings. The molecule has 1 aromatic carbocycles. The van der Waals surface area contributed by atoms with Crippen LogP contribution < -0.4 is 0 Å². The summed E-state index contributed by atoms with van der Waals surface area (Å²) in [5, 5.41) is 16.0. The van der Waals surface area contributed by atoms with Crippen molar-refractivity contribution in [1.82, 2.24) is 14.8 Å². The maximum absolute atomic E-state index is 12.0. The maximum atomic E-state index is 12.0. The summed E-state index contributed by atoms with van der Waals surface area (Å²) in [5.41, 5.74) is 0.259. The number of hydrogen-bond donors (Lipinski definition) is 0. The van der Waals surface area contributed by atoms with Crippen molar-refractivity contribution in [3.63, 3.8) is 0 Å². The highest BCUT2D eigenvalue weighted by atomic mass is 32.1. The van der Waals surface area contributed by atoms with Gasteiger partial charge in [0.2, 0.25) is 0 Å². The Kier molecular flexibility index (Phi) is 4.34. The average molecular weight is 344 g/mol. The summed E-state index contributed by atoms with van der Waals surface area (Å²) in [6.45, 7) is 1.98. The Morgan fingerprint density at radius 1 is 1.38 bits per heavy atom. The number of hydrogen-bond acceptors (Lipinski definition) is 7. The van der Waals surface area contributed by atoms with Crippen LogP contribution in [0.5, 0.6) is 0 Å². The molecular formula is C15H12N4O4S. The fraction of sp³-hybridized carbons (Fsp3) is 0.133. The first-order chi connectivity index (χ1) is 11.5. The molecule has 2 aromatic heterocycles. The highest BCUT2D eigenvalue weighted by Gasteiger charge is 2.17. The minimum Gasteiger partial charge on any atom is -0.455 e. The van der Waals surface area contributed by atoms with Gasteiger partial charge in [-0.25, -0.2) is 14.5 Å².